The molecule has 0 aliphatic heterocycles. The van der Waals surface area contributed by atoms with E-state index in [1.807, 2.05) is 12.1 Å². The summed E-state index contributed by atoms with van der Waals surface area (Å²) in [6.07, 6.45) is 0. The van der Waals surface area contributed by atoms with E-state index in [4.69, 9.17) is 17.3 Å². The Bertz CT molecular complexity index is 488. The van der Waals surface area contributed by atoms with Gasteiger partial charge >= 0.3 is 0 Å². The molecule has 1 aromatic heterocycles. The molecule has 0 saturated heterocycles. The number of rotatable bonds is 2. The largest absolute Gasteiger partial charge is 0.358 e. The topological polar surface area (TPSA) is 41.8 Å². The Kier molecular flexibility index (Phi) is 2.72. The highest BCUT2D eigenvalue weighted by atomic mass is 35.5. The minimum absolute atomic E-state index is 0.375. The molecule has 0 spiro atoms. The number of aryl methyl sites for hydroxylation is 1. The Hall–Kier alpha value is -0.990. The van der Waals surface area contributed by atoms with Crippen LogP contribution in [-0.4, -0.2) is 11.5 Å². The van der Waals surface area contributed by atoms with Crippen molar-refractivity contribution in [1.82, 2.24) is 4.98 Å². The first kappa shape index (κ1) is 10.5. The number of fused-ring (bicyclic) bond motifs is 1. The predicted molar refractivity (Wildman–Crippen MR) is 65.5 cm³/mol. The van der Waals surface area contributed by atoms with Crippen molar-refractivity contribution in [2.24, 2.45) is 5.73 Å². The zero-order chi connectivity index (χ0) is 11.0. The quantitative estimate of drug-likeness (QED) is 0.805. The molecule has 0 aliphatic rings. The summed E-state index contributed by atoms with van der Waals surface area (Å²) in [4.78, 5) is 3.34. The third kappa shape index (κ3) is 1.75. The molecule has 3 heteroatoms. The molecule has 80 valence electrons. The van der Waals surface area contributed by atoms with E-state index < -0.39 is 0 Å². The van der Waals surface area contributed by atoms with Gasteiger partial charge in [-0.2, -0.15) is 0 Å². The summed E-state index contributed by atoms with van der Waals surface area (Å²) < 4.78 is 0. The van der Waals surface area contributed by atoms with Crippen LogP contribution < -0.4 is 5.73 Å². The Morgan fingerprint density at radius 1 is 1.47 bits per heavy atom. The average molecular weight is 223 g/mol. The van der Waals surface area contributed by atoms with Crippen molar-refractivity contribution in [3.63, 3.8) is 0 Å². The number of hydrogen-bond acceptors (Lipinski definition) is 1. The van der Waals surface area contributed by atoms with Gasteiger partial charge in [0.05, 0.1) is 0 Å². The van der Waals surface area contributed by atoms with Gasteiger partial charge in [-0.05, 0) is 37.1 Å². The summed E-state index contributed by atoms with van der Waals surface area (Å²) in [5.74, 6) is 0.375. The fourth-order valence-corrected chi connectivity index (χ4v) is 2.25. The fraction of sp³-hybridized carbons (Fsp3) is 0.333. The minimum Gasteiger partial charge on any atom is -0.358 e. The first-order chi connectivity index (χ1) is 7.13. The standard InChI is InChI=1S/C12H15ClN2/c1-7(6-14)12-8(2)15-11-5-9(13)3-4-10(11)12/h3-5,7,15H,6,14H2,1-2H3. The van der Waals surface area contributed by atoms with Crippen LogP contribution in [0.15, 0.2) is 18.2 Å². The number of hydrogen-bond donors (Lipinski definition) is 2. The van der Waals surface area contributed by atoms with Crippen LogP contribution in [0.25, 0.3) is 10.9 Å². The molecule has 1 heterocycles. The monoisotopic (exact) mass is 222 g/mol. The molecule has 0 amide bonds. The van der Waals surface area contributed by atoms with Gasteiger partial charge in [0.2, 0.25) is 0 Å². The van der Waals surface area contributed by atoms with Crippen LogP contribution in [-0.2, 0) is 0 Å². The molecule has 3 N–H and O–H groups in total. The summed E-state index contributed by atoms with van der Waals surface area (Å²) in [5, 5.41) is 1.99. The number of aromatic nitrogens is 1. The highest BCUT2D eigenvalue weighted by molar-refractivity contribution is 6.31. The first-order valence-electron chi connectivity index (χ1n) is 5.11. The van der Waals surface area contributed by atoms with Gasteiger partial charge in [0, 0.05) is 21.6 Å². The Labute approximate surface area is 94.4 Å². The Morgan fingerprint density at radius 3 is 2.87 bits per heavy atom. The average Bonchev–Trinajstić information content (AvgIpc) is 2.52. The smallest absolute Gasteiger partial charge is 0.0473 e. The fourth-order valence-electron chi connectivity index (χ4n) is 2.08. The van der Waals surface area contributed by atoms with Gasteiger partial charge in [-0.15, -0.1) is 0 Å². The van der Waals surface area contributed by atoms with E-state index in [0.717, 1.165) is 10.5 Å². The number of H-pyrrole nitrogens is 1. The molecule has 1 atom stereocenters. The summed E-state index contributed by atoms with van der Waals surface area (Å²) >= 11 is 5.95. The lowest BCUT2D eigenvalue weighted by atomic mass is 9.98. The molecule has 0 fully saturated rings. The number of halogens is 1. The van der Waals surface area contributed by atoms with Crippen LogP contribution in [0.2, 0.25) is 5.02 Å². The van der Waals surface area contributed by atoms with Crippen molar-refractivity contribution in [1.29, 1.82) is 0 Å². The second kappa shape index (κ2) is 3.87. The predicted octanol–water partition coefficient (Wildman–Crippen LogP) is 3.19. The maximum atomic E-state index is 5.95. The van der Waals surface area contributed by atoms with E-state index >= 15 is 0 Å². The van der Waals surface area contributed by atoms with Gasteiger partial charge in [0.15, 0.2) is 0 Å². The van der Waals surface area contributed by atoms with Crippen LogP contribution in [0.1, 0.15) is 24.1 Å². The summed E-state index contributed by atoms with van der Waals surface area (Å²) in [6, 6.07) is 5.93. The highest BCUT2D eigenvalue weighted by Crippen LogP contribution is 2.29. The molecule has 0 aliphatic carbocycles. The minimum atomic E-state index is 0.375. The van der Waals surface area contributed by atoms with Crippen molar-refractivity contribution in [3.05, 3.63) is 34.5 Å². The van der Waals surface area contributed by atoms with E-state index in [9.17, 15) is 0 Å². The van der Waals surface area contributed by atoms with Crippen LogP contribution in [0.5, 0.6) is 0 Å². The normalized spacial score (nSPS) is 13.3. The third-order valence-corrected chi connectivity index (χ3v) is 3.08. The van der Waals surface area contributed by atoms with Crippen LogP contribution in [0, 0.1) is 6.92 Å². The number of aromatic amines is 1. The van der Waals surface area contributed by atoms with Crippen molar-refractivity contribution in [3.8, 4) is 0 Å². The van der Waals surface area contributed by atoms with Crippen LogP contribution in [0.3, 0.4) is 0 Å². The molecule has 0 radical (unpaired) electrons. The van der Waals surface area contributed by atoms with Crippen molar-refractivity contribution in [2.75, 3.05) is 6.54 Å². The summed E-state index contributed by atoms with van der Waals surface area (Å²) in [7, 11) is 0. The van der Waals surface area contributed by atoms with Gasteiger partial charge in [-0.3, -0.25) is 0 Å². The van der Waals surface area contributed by atoms with E-state index in [1.165, 1.54) is 16.6 Å². The molecule has 2 aromatic rings. The zero-order valence-electron chi connectivity index (χ0n) is 8.97. The second-order valence-corrected chi connectivity index (χ2v) is 4.43. The lowest BCUT2D eigenvalue weighted by molar-refractivity contribution is 0.773. The van der Waals surface area contributed by atoms with E-state index in [-0.39, 0.29) is 0 Å². The SMILES string of the molecule is Cc1[nH]c2cc(Cl)ccc2c1C(C)CN. The molecular weight excluding hydrogens is 208 g/mol. The maximum Gasteiger partial charge on any atom is 0.0473 e. The van der Waals surface area contributed by atoms with Gasteiger partial charge in [0.25, 0.3) is 0 Å². The van der Waals surface area contributed by atoms with Crippen LogP contribution in [0.4, 0.5) is 0 Å². The van der Waals surface area contributed by atoms with Gasteiger partial charge in [-0.1, -0.05) is 24.6 Å². The van der Waals surface area contributed by atoms with E-state index in [2.05, 4.69) is 24.9 Å². The number of benzene rings is 1. The third-order valence-electron chi connectivity index (χ3n) is 2.84. The molecular formula is C12H15ClN2. The van der Waals surface area contributed by atoms with Gasteiger partial charge in [-0.25, -0.2) is 0 Å². The van der Waals surface area contributed by atoms with Crippen molar-refractivity contribution < 1.29 is 0 Å². The number of nitrogens with two attached hydrogens (primary N) is 1. The molecule has 1 aromatic carbocycles. The summed E-state index contributed by atoms with van der Waals surface area (Å²) in [6.45, 7) is 4.88. The molecule has 1 unspecified atom stereocenters. The molecule has 15 heavy (non-hydrogen) atoms. The molecule has 0 bridgehead atoms. The second-order valence-electron chi connectivity index (χ2n) is 3.99. The Morgan fingerprint density at radius 2 is 2.20 bits per heavy atom. The van der Waals surface area contributed by atoms with Crippen LogP contribution >= 0.6 is 11.6 Å². The maximum absolute atomic E-state index is 5.95. The lowest BCUT2D eigenvalue weighted by Crippen LogP contribution is -2.09. The van der Waals surface area contributed by atoms with Crippen molar-refractivity contribution in [2.45, 2.75) is 19.8 Å². The van der Waals surface area contributed by atoms with Crippen molar-refractivity contribution >= 4 is 22.5 Å². The Balaban J connectivity index is 2.68. The lowest BCUT2D eigenvalue weighted by Gasteiger charge is -2.08. The van der Waals surface area contributed by atoms with Gasteiger partial charge < -0.3 is 10.7 Å². The first-order valence-corrected chi connectivity index (χ1v) is 5.49. The molecule has 0 saturated carbocycles. The van der Waals surface area contributed by atoms with E-state index in [1.54, 1.807) is 0 Å². The molecule has 2 rings (SSSR count). The van der Waals surface area contributed by atoms with E-state index in [0.29, 0.717) is 12.5 Å². The highest BCUT2D eigenvalue weighted by Gasteiger charge is 2.13. The summed E-state index contributed by atoms with van der Waals surface area (Å²) in [5.41, 5.74) is 9.30. The molecule has 2 nitrogen and oxygen atoms in total. The number of nitrogens with one attached hydrogen (secondary N) is 1. The zero-order valence-corrected chi connectivity index (χ0v) is 9.73. The van der Waals surface area contributed by atoms with Gasteiger partial charge in [0.1, 0.15) is 0 Å².